The molecule has 4 rings (SSSR count). The van der Waals surface area contributed by atoms with Crippen LogP contribution in [0.1, 0.15) is 18.4 Å². The summed E-state index contributed by atoms with van der Waals surface area (Å²) in [5.74, 6) is 0. The van der Waals surface area contributed by atoms with Gasteiger partial charge in [0.2, 0.25) is 0 Å². The first-order chi connectivity index (χ1) is 13.3. The van der Waals surface area contributed by atoms with E-state index in [0.717, 1.165) is 29.8 Å². The van der Waals surface area contributed by atoms with E-state index >= 15 is 0 Å². The minimum Gasteiger partial charge on any atom is -0.283 e. The first-order valence-corrected chi connectivity index (χ1v) is 8.82. The smallest absolute Gasteiger partial charge is 0.263 e. The van der Waals surface area contributed by atoms with E-state index in [-0.39, 0.29) is 5.56 Å². The molecular formula is C23H17N3O. The minimum absolute atomic E-state index is 0.143. The molecule has 0 spiro atoms. The Morgan fingerprint density at radius 1 is 1.00 bits per heavy atom. The maximum absolute atomic E-state index is 13.3. The van der Waals surface area contributed by atoms with Crippen LogP contribution < -0.4 is 5.56 Å². The quantitative estimate of drug-likeness (QED) is 0.697. The average molecular weight is 351 g/mol. The third-order valence-corrected chi connectivity index (χ3v) is 4.58. The highest BCUT2D eigenvalue weighted by Gasteiger charge is 2.18. The fourth-order valence-electron chi connectivity index (χ4n) is 3.27. The third kappa shape index (κ3) is 3.23. The van der Waals surface area contributed by atoms with Gasteiger partial charge >= 0.3 is 0 Å². The number of benzene rings is 1. The number of hydrogen-bond donors (Lipinski definition) is 0. The summed E-state index contributed by atoms with van der Waals surface area (Å²) >= 11 is 0. The van der Waals surface area contributed by atoms with Crippen molar-refractivity contribution in [3.05, 3.63) is 101 Å². The molecule has 0 amide bonds. The molecule has 27 heavy (non-hydrogen) atoms. The fourth-order valence-corrected chi connectivity index (χ4v) is 3.27. The fraction of sp³-hybridized carbons (Fsp3) is 0.0870. The molecule has 4 heteroatoms. The zero-order valence-corrected chi connectivity index (χ0v) is 14.7. The van der Waals surface area contributed by atoms with Gasteiger partial charge in [-0.2, -0.15) is 5.26 Å². The number of para-hydroxylation sites is 1. The van der Waals surface area contributed by atoms with Crippen LogP contribution in [-0.2, 0) is 0 Å². The Morgan fingerprint density at radius 3 is 2.52 bits per heavy atom. The Morgan fingerprint density at radius 2 is 1.78 bits per heavy atom. The van der Waals surface area contributed by atoms with Crippen molar-refractivity contribution in [1.29, 1.82) is 5.26 Å². The molecule has 0 saturated heterocycles. The lowest BCUT2D eigenvalue weighted by atomic mass is 9.92. The van der Waals surface area contributed by atoms with Crippen molar-refractivity contribution < 1.29 is 0 Å². The molecule has 0 N–H and O–H groups in total. The van der Waals surface area contributed by atoms with Crippen LogP contribution in [0.2, 0.25) is 0 Å². The lowest BCUT2D eigenvalue weighted by Crippen LogP contribution is -2.22. The van der Waals surface area contributed by atoms with E-state index < -0.39 is 0 Å². The molecule has 0 atom stereocenters. The highest BCUT2D eigenvalue weighted by molar-refractivity contribution is 5.84. The number of nitrogens with zero attached hydrogens (tertiary/aromatic N) is 3. The van der Waals surface area contributed by atoms with Gasteiger partial charge < -0.3 is 0 Å². The highest BCUT2D eigenvalue weighted by atomic mass is 16.1. The zero-order chi connectivity index (χ0) is 18.6. The predicted octanol–water partition coefficient (Wildman–Crippen LogP) is 4.53. The second-order valence-corrected chi connectivity index (χ2v) is 6.29. The van der Waals surface area contributed by atoms with E-state index in [4.69, 9.17) is 0 Å². The molecule has 2 aromatic heterocycles. The molecule has 0 radical (unpaired) electrons. The van der Waals surface area contributed by atoms with Gasteiger partial charge in [0.1, 0.15) is 0 Å². The van der Waals surface area contributed by atoms with E-state index in [1.807, 2.05) is 72.9 Å². The van der Waals surface area contributed by atoms with Crippen molar-refractivity contribution in [3.8, 4) is 23.0 Å². The Labute approximate surface area is 157 Å². The summed E-state index contributed by atoms with van der Waals surface area (Å²) in [7, 11) is 0. The van der Waals surface area contributed by atoms with Crippen LogP contribution >= 0.6 is 0 Å². The van der Waals surface area contributed by atoms with Crippen LogP contribution in [0.5, 0.6) is 0 Å². The maximum atomic E-state index is 13.3. The summed E-state index contributed by atoms with van der Waals surface area (Å²) in [6, 6.07) is 19.3. The Kier molecular flexibility index (Phi) is 4.51. The maximum Gasteiger partial charge on any atom is 0.263 e. The largest absolute Gasteiger partial charge is 0.283 e. The van der Waals surface area contributed by atoms with Gasteiger partial charge in [0.15, 0.2) is 0 Å². The van der Waals surface area contributed by atoms with Gasteiger partial charge in [-0.05, 0) is 43.2 Å². The molecule has 1 aliphatic carbocycles. The van der Waals surface area contributed by atoms with Gasteiger partial charge in [-0.1, -0.05) is 36.4 Å². The van der Waals surface area contributed by atoms with Crippen LogP contribution in [0.15, 0.2) is 89.5 Å². The van der Waals surface area contributed by atoms with Gasteiger partial charge in [0, 0.05) is 34.8 Å². The number of aromatic nitrogens is 2. The molecule has 2 heterocycles. The Hall–Kier alpha value is -3.71. The van der Waals surface area contributed by atoms with Crippen LogP contribution in [-0.4, -0.2) is 9.55 Å². The standard InChI is InChI=1S/C23H17N3O/c24-15-17-8-4-5-11-20(17)21-14-18(22-12-6-7-13-25-22)16-26(23(21)27)19-9-2-1-3-10-19/h1-3,6-14,16H,4-5H2. The minimum atomic E-state index is -0.143. The van der Waals surface area contributed by atoms with E-state index in [2.05, 4.69) is 11.1 Å². The van der Waals surface area contributed by atoms with Crippen LogP contribution in [0.25, 0.3) is 22.5 Å². The molecule has 0 fully saturated rings. The molecule has 130 valence electrons. The summed E-state index contributed by atoms with van der Waals surface area (Å²) in [4.78, 5) is 17.7. The first-order valence-electron chi connectivity index (χ1n) is 8.82. The van der Waals surface area contributed by atoms with Crippen LogP contribution in [0.3, 0.4) is 0 Å². The van der Waals surface area contributed by atoms with Crippen molar-refractivity contribution in [1.82, 2.24) is 9.55 Å². The summed E-state index contributed by atoms with van der Waals surface area (Å²) in [5.41, 5.74) is 4.03. The summed E-state index contributed by atoms with van der Waals surface area (Å²) in [6.45, 7) is 0. The monoisotopic (exact) mass is 351 g/mol. The van der Waals surface area contributed by atoms with E-state index in [9.17, 15) is 10.1 Å². The average Bonchev–Trinajstić information content (AvgIpc) is 2.75. The van der Waals surface area contributed by atoms with Crippen LogP contribution in [0.4, 0.5) is 0 Å². The lowest BCUT2D eigenvalue weighted by molar-refractivity contribution is 0.977. The van der Waals surface area contributed by atoms with Gasteiger partial charge in [-0.25, -0.2) is 0 Å². The normalized spacial score (nSPS) is 13.4. The second-order valence-electron chi connectivity index (χ2n) is 6.29. The van der Waals surface area contributed by atoms with Gasteiger partial charge in [0.25, 0.3) is 5.56 Å². The summed E-state index contributed by atoms with van der Waals surface area (Å²) < 4.78 is 1.63. The van der Waals surface area contributed by atoms with E-state index in [0.29, 0.717) is 16.7 Å². The number of pyridine rings is 2. The van der Waals surface area contributed by atoms with Crippen molar-refractivity contribution >= 4 is 5.57 Å². The Bertz CT molecular complexity index is 1130. The number of nitriles is 1. The molecule has 1 aliphatic rings. The van der Waals surface area contributed by atoms with Crippen LogP contribution in [0, 0.1) is 11.3 Å². The predicted molar refractivity (Wildman–Crippen MR) is 106 cm³/mol. The summed E-state index contributed by atoms with van der Waals surface area (Å²) in [5, 5.41) is 9.51. The zero-order valence-electron chi connectivity index (χ0n) is 14.7. The second kappa shape index (κ2) is 7.27. The molecule has 0 unspecified atom stereocenters. The topological polar surface area (TPSA) is 58.7 Å². The number of allylic oxidation sites excluding steroid dienone is 4. The molecule has 0 bridgehead atoms. The molecule has 4 nitrogen and oxygen atoms in total. The molecule has 0 saturated carbocycles. The molecule has 3 aromatic rings. The van der Waals surface area contributed by atoms with Crippen molar-refractivity contribution in [2.75, 3.05) is 0 Å². The van der Waals surface area contributed by atoms with Crippen molar-refractivity contribution in [2.45, 2.75) is 12.8 Å². The van der Waals surface area contributed by atoms with Crippen molar-refractivity contribution in [3.63, 3.8) is 0 Å². The third-order valence-electron chi connectivity index (χ3n) is 4.58. The number of rotatable bonds is 3. The lowest BCUT2D eigenvalue weighted by Gasteiger charge is -2.15. The SMILES string of the molecule is N#CC1=CCCC=C1c1cc(-c2ccccn2)cn(-c2ccccc2)c1=O. The van der Waals surface area contributed by atoms with Gasteiger partial charge in [-0.15, -0.1) is 0 Å². The summed E-state index contributed by atoms with van der Waals surface area (Å²) in [6.07, 6.45) is 9.05. The first kappa shape index (κ1) is 16.7. The molecule has 1 aromatic carbocycles. The van der Waals surface area contributed by atoms with Crippen molar-refractivity contribution in [2.24, 2.45) is 0 Å². The highest BCUT2D eigenvalue weighted by Crippen LogP contribution is 2.28. The number of hydrogen-bond acceptors (Lipinski definition) is 3. The van der Waals surface area contributed by atoms with E-state index in [1.165, 1.54) is 0 Å². The molecular weight excluding hydrogens is 334 g/mol. The Balaban J connectivity index is 1.99. The van der Waals surface area contributed by atoms with E-state index in [1.54, 1.807) is 10.8 Å². The van der Waals surface area contributed by atoms with Gasteiger partial charge in [0.05, 0.1) is 17.3 Å². The van der Waals surface area contributed by atoms with Gasteiger partial charge in [-0.3, -0.25) is 14.3 Å². The molecule has 0 aliphatic heterocycles.